The van der Waals surface area contributed by atoms with Crippen LogP contribution in [-0.2, 0) is 9.53 Å². The van der Waals surface area contributed by atoms with Crippen LogP contribution in [0.1, 0.15) is 31.8 Å². The fourth-order valence-electron chi connectivity index (χ4n) is 2.93. The largest absolute Gasteiger partial charge is 0.452 e. The number of ether oxygens (including phenoxy) is 1. The molecule has 1 amide bonds. The molecule has 8 nitrogen and oxygen atoms in total. The lowest BCUT2D eigenvalue weighted by molar-refractivity contribution is -0.384. The summed E-state index contributed by atoms with van der Waals surface area (Å²) >= 11 is 5.78. The maximum atomic E-state index is 13.9. The van der Waals surface area contributed by atoms with Gasteiger partial charge in [0.15, 0.2) is 12.4 Å². The summed E-state index contributed by atoms with van der Waals surface area (Å²) in [5, 5.41) is 13.3. The van der Waals surface area contributed by atoms with E-state index in [0.717, 1.165) is 6.07 Å². The van der Waals surface area contributed by atoms with E-state index in [9.17, 15) is 28.9 Å². The van der Waals surface area contributed by atoms with Crippen LogP contribution in [0.15, 0.2) is 60.7 Å². The van der Waals surface area contributed by atoms with Crippen molar-refractivity contribution >= 4 is 40.6 Å². The van der Waals surface area contributed by atoms with Crippen LogP contribution >= 0.6 is 11.6 Å². The van der Waals surface area contributed by atoms with Crippen molar-refractivity contribution in [3.63, 3.8) is 0 Å². The number of ketones is 1. The van der Waals surface area contributed by atoms with E-state index in [1.807, 2.05) is 0 Å². The molecule has 168 valence electrons. The van der Waals surface area contributed by atoms with Gasteiger partial charge in [0.25, 0.3) is 11.6 Å². The van der Waals surface area contributed by atoms with Gasteiger partial charge in [-0.2, -0.15) is 0 Å². The third-order valence-corrected chi connectivity index (χ3v) is 4.85. The van der Waals surface area contributed by atoms with Gasteiger partial charge in [-0.05, 0) is 42.8 Å². The van der Waals surface area contributed by atoms with E-state index in [4.69, 9.17) is 16.3 Å². The second-order valence-electron chi connectivity index (χ2n) is 6.91. The molecule has 3 rings (SSSR count). The van der Waals surface area contributed by atoms with Gasteiger partial charge in [0, 0.05) is 17.2 Å². The number of aryl methyl sites for hydroxylation is 1. The molecule has 0 saturated carbocycles. The zero-order valence-corrected chi connectivity index (χ0v) is 17.9. The minimum atomic E-state index is -0.970. The maximum Gasteiger partial charge on any atom is 0.339 e. The van der Waals surface area contributed by atoms with E-state index in [1.54, 1.807) is 13.0 Å². The van der Waals surface area contributed by atoms with Crippen LogP contribution in [0.3, 0.4) is 0 Å². The first-order chi connectivity index (χ1) is 15.7. The Balaban J connectivity index is 1.75. The number of carbonyl (C=O) groups excluding carboxylic acids is 3. The quantitative estimate of drug-likeness (QED) is 0.231. The molecule has 0 bridgehead atoms. The molecule has 33 heavy (non-hydrogen) atoms. The summed E-state index contributed by atoms with van der Waals surface area (Å²) in [5.74, 6) is -3.05. The number of amides is 1. The number of benzene rings is 3. The van der Waals surface area contributed by atoms with Gasteiger partial charge in [-0.25, -0.2) is 9.18 Å². The van der Waals surface area contributed by atoms with Crippen LogP contribution in [0.2, 0.25) is 5.02 Å². The predicted molar refractivity (Wildman–Crippen MR) is 118 cm³/mol. The molecular formula is C23H16ClFN2O6. The van der Waals surface area contributed by atoms with Crippen LogP contribution in [-0.4, -0.2) is 29.2 Å². The lowest BCUT2D eigenvalue weighted by Gasteiger charge is -2.10. The fraction of sp³-hybridized carbons (Fsp3) is 0.0870. The van der Waals surface area contributed by atoms with Crippen molar-refractivity contribution in [3.8, 4) is 0 Å². The van der Waals surface area contributed by atoms with Crippen LogP contribution in [0, 0.1) is 22.9 Å². The minimum Gasteiger partial charge on any atom is -0.452 e. The van der Waals surface area contributed by atoms with E-state index in [2.05, 4.69) is 5.32 Å². The number of carbonyl (C=O) groups is 3. The standard InChI is InChI=1S/C23H16ClFN2O6/c1-13-6-9-19(18(25)10-13)26-21(28)12-33-23(30)16-5-3-2-4-15(16)22(29)14-7-8-17(24)20(11-14)27(31)32/h2-11H,12H2,1H3,(H,26,28). The van der Waals surface area contributed by atoms with Crippen molar-refractivity contribution in [1.82, 2.24) is 0 Å². The molecule has 3 aromatic carbocycles. The SMILES string of the molecule is Cc1ccc(NC(=O)COC(=O)c2ccccc2C(=O)c2ccc(Cl)c([N+](=O)[O-])c2)c(F)c1. The fourth-order valence-corrected chi connectivity index (χ4v) is 3.11. The number of hydrogen-bond donors (Lipinski definition) is 1. The van der Waals surface area contributed by atoms with Gasteiger partial charge in [-0.1, -0.05) is 35.9 Å². The monoisotopic (exact) mass is 470 g/mol. The molecule has 0 aromatic heterocycles. The normalized spacial score (nSPS) is 10.4. The summed E-state index contributed by atoms with van der Waals surface area (Å²) in [7, 11) is 0. The van der Waals surface area contributed by atoms with Gasteiger partial charge in [-0.15, -0.1) is 0 Å². The first-order valence-corrected chi connectivity index (χ1v) is 9.86. The number of nitrogens with one attached hydrogen (secondary N) is 1. The van der Waals surface area contributed by atoms with E-state index >= 15 is 0 Å². The van der Waals surface area contributed by atoms with Gasteiger partial charge >= 0.3 is 5.97 Å². The molecule has 0 unspecified atom stereocenters. The summed E-state index contributed by atoms with van der Waals surface area (Å²) in [6, 6.07) is 13.4. The molecule has 1 N–H and O–H groups in total. The Morgan fingerprint density at radius 2 is 1.76 bits per heavy atom. The van der Waals surface area contributed by atoms with Crippen LogP contribution < -0.4 is 5.32 Å². The lowest BCUT2D eigenvalue weighted by atomic mass is 9.98. The summed E-state index contributed by atoms with van der Waals surface area (Å²) < 4.78 is 18.8. The number of esters is 1. The zero-order valence-electron chi connectivity index (χ0n) is 17.1. The summed E-state index contributed by atoms with van der Waals surface area (Å²) in [5.41, 5.74) is -0.133. The molecule has 10 heteroatoms. The van der Waals surface area contributed by atoms with E-state index in [0.29, 0.717) is 5.56 Å². The second kappa shape index (κ2) is 10.0. The molecule has 0 fully saturated rings. The highest BCUT2D eigenvalue weighted by Crippen LogP contribution is 2.27. The van der Waals surface area contributed by atoms with E-state index in [-0.39, 0.29) is 27.4 Å². The number of nitrogens with zero attached hydrogens (tertiary/aromatic N) is 1. The Kier molecular flexibility index (Phi) is 7.14. The topological polar surface area (TPSA) is 116 Å². The Hall–Kier alpha value is -4.11. The Morgan fingerprint density at radius 3 is 2.42 bits per heavy atom. The van der Waals surface area contributed by atoms with Crippen molar-refractivity contribution in [2.45, 2.75) is 6.92 Å². The number of anilines is 1. The van der Waals surface area contributed by atoms with Crippen molar-refractivity contribution < 1.29 is 28.4 Å². The van der Waals surface area contributed by atoms with Crippen LogP contribution in [0.4, 0.5) is 15.8 Å². The molecule has 0 aliphatic rings. The number of hydrogen-bond acceptors (Lipinski definition) is 6. The van der Waals surface area contributed by atoms with Gasteiger partial charge in [0.1, 0.15) is 10.8 Å². The van der Waals surface area contributed by atoms with Crippen LogP contribution in [0.5, 0.6) is 0 Å². The third kappa shape index (κ3) is 5.58. The lowest BCUT2D eigenvalue weighted by Crippen LogP contribution is -2.22. The molecule has 3 aromatic rings. The molecule has 0 heterocycles. The van der Waals surface area contributed by atoms with E-state index < -0.39 is 40.7 Å². The average Bonchev–Trinajstić information content (AvgIpc) is 2.79. The Labute approximate surface area is 192 Å². The smallest absolute Gasteiger partial charge is 0.339 e. The number of halogens is 2. The predicted octanol–water partition coefficient (Wildman–Crippen LogP) is 4.72. The van der Waals surface area contributed by atoms with Crippen molar-refractivity contribution in [3.05, 3.63) is 104 Å². The first kappa shape index (κ1) is 23.6. The minimum absolute atomic E-state index is 0.0565. The summed E-state index contributed by atoms with van der Waals surface area (Å²) in [6.07, 6.45) is 0. The molecule has 0 saturated heterocycles. The highest BCUT2D eigenvalue weighted by Gasteiger charge is 2.22. The molecule has 0 radical (unpaired) electrons. The Morgan fingerprint density at radius 1 is 1.06 bits per heavy atom. The van der Waals surface area contributed by atoms with Crippen molar-refractivity contribution in [2.75, 3.05) is 11.9 Å². The zero-order chi connectivity index (χ0) is 24.1. The van der Waals surface area contributed by atoms with Gasteiger partial charge in [0.05, 0.1) is 16.2 Å². The number of nitro benzene ring substituents is 1. The van der Waals surface area contributed by atoms with Gasteiger partial charge in [0.2, 0.25) is 0 Å². The maximum absolute atomic E-state index is 13.9. The molecule has 0 atom stereocenters. The molecule has 0 aliphatic carbocycles. The van der Waals surface area contributed by atoms with Crippen molar-refractivity contribution in [2.24, 2.45) is 0 Å². The Bertz CT molecular complexity index is 1280. The summed E-state index contributed by atoms with van der Waals surface area (Å²) in [4.78, 5) is 47.9. The van der Waals surface area contributed by atoms with Crippen molar-refractivity contribution in [1.29, 1.82) is 0 Å². The highest BCUT2D eigenvalue weighted by atomic mass is 35.5. The molecular weight excluding hydrogens is 455 g/mol. The summed E-state index contributed by atoms with van der Waals surface area (Å²) in [6.45, 7) is 0.971. The third-order valence-electron chi connectivity index (χ3n) is 4.53. The number of nitro groups is 1. The highest BCUT2D eigenvalue weighted by molar-refractivity contribution is 6.33. The second-order valence-corrected chi connectivity index (χ2v) is 7.31. The van der Waals surface area contributed by atoms with Gasteiger partial charge in [-0.3, -0.25) is 19.7 Å². The first-order valence-electron chi connectivity index (χ1n) is 9.48. The molecule has 0 aliphatic heterocycles. The van der Waals surface area contributed by atoms with Gasteiger partial charge < -0.3 is 10.1 Å². The molecule has 0 spiro atoms. The average molecular weight is 471 g/mol. The van der Waals surface area contributed by atoms with E-state index in [1.165, 1.54) is 48.5 Å². The number of rotatable bonds is 7. The van der Waals surface area contributed by atoms with Crippen LogP contribution in [0.25, 0.3) is 0 Å².